The maximum absolute atomic E-state index is 12.7. The Labute approximate surface area is 194 Å². The van der Waals surface area contributed by atoms with Crippen molar-refractivity contribution in [3.8, 4) is 11.5 Å². The largest absolute Gasteiger partial charge is 0.463 e. The molecule has 3 saturated heterocycles. The van der Waals surface area contributed by atoms with Crippen molar-refractivity contribution in [3.63, 3.8) is 0 Å². The van der Waals surface area contributed by atoms with Gasteiger partial charge in [-0.05, 0) is 74.7 Å². The van der Waals surface area contributed by atoms with Crippen molar-refractivity contribution in [1.82, 2.24) is 20.2 Å². The molecule has 172 valence electrons. The van der Waals surface area contributed by atoms with Crippen LogP contribution >= 0.6 is 0 Å². The van der Waals surface area contributed by atoms with Gasteiger partial charge in [0, 0.05) is 56.1 Å². The Hall–Kier alpha value is -3.19. The highest BCUT2D eigenvalue weighted by atomic mass is 16.3. The zero-order chi connectivity index (χ0) is 22.9. The van der Waals surface area contributed by atoms with Gasteiger partial charge in [-0.3, -0.25) is 9.69 Å². The van der Waals surface area contributed by atoms with Crippen molar-refractivity contribution in [2.75, 3.05) is 38.6 Å². The van der Waals surface area contributed by atoms with Crippen LogP contribution in [0.5, 0.6) is 0 Å². The molecule has 2 aromatic heterocycles. The second kappa shape index (κ2) is 8.98. The van der Waals surface area contributed by atoms with Gasteiger partial charge in [-0.15, -0.1) is 0 Å². The molecule has 0 radical (unpaired) electrons. The molecule has 1 amide bonds. The number of aryl methyl sites for hydroxylation is 1. The minimum Gasteiger partial charge on any atom is -0.463 e. The van der Waals surface area contributed by atoms with Crippen LogP contribution in [-0.4, -0.2) is 60.5 Å². The Morgan fingerprint density at radius 3 is 2.70 bits per heavy atom. The van der Waals surface area contributed by atoms with Gasteiger partial charge in [0.1, 0.15) is 11.5 Å². The third-order valence-corrected chi connectivity index (χ3v) is 7.03. The van der Waals surface area contributed by atoms with Crippen molar-refractivity contribution in [2.24, 2.45) is 5.92 Å². The number of carbonyl (C=O) groups excluding carboxylic acids is 1. The number of benzene rings is 1. The minimum absolute atomic E-state index is 0.00554. The molecule has 7 heteroatoms. The molecule has 3 aliphatic rings. The quantitative estimate of drug-likeness (QED) is 0.623. The predicted octanol–water partition coefficient (Wildman–Crippen LogP) is 3.72. The van der Waals surface area contributed by atoms with Crippen molar-refractivity contribution in [3.05, 3.63) is 65.8 Å². The van der Waals surface area contributed by atoms with Crippen molar-refractivity contribution in [2.45, 2.75) is 31.7 Å². The van der Waals surface area contributed by atoms with Gasteiger partial charge < -0.3 is 14.6 Å². The number of furan rings is 1. The lowest BCUT2D eigenvalue weighted by Gasteiger charge is -2.49. The molecule has 0 saturated carbocycles. The van der Waals surface area contributed by atoms with E-state index in [1.807, 2.05) is 62.3 Å². The van der Waals surface area contributed by atoms with Gasteiger partial charge >= 0.3 is 0 Å². The van der Waals surface area contributed by atoms with Crippen LogP contribution in [0.4, 0.5) is 5.69 Å². The Bertz CT molecular complexity index is 1110. The van der Waals surface area contributed by atoms with Gasteiger partial charge in [0.15, 0.2) is 5.76 Å². The molecule has 3 aromatic rings. The molecule has 0 spiro atoms. The number of rotatable bonds is 6. The minimum atomic E-state index is -0.00554. The molecular weight excluding hydrogens is 414 g/mol. The van der Waals surface area contributed by atoms with Crippen LogP contribution in [0.15, 0.2) is 53.1 Å². The molecule has 33 heavy (non-hydrogen) atoms. The van der Waals surface area contributed by atoms with Crippen LogP contribution in [-0.2, 0) is 0 Å². The first-order valence-electron chi connectivity index (χ1n) is 11.7. The summed E-state index contributed by atoms with van der Waals surface area (Å²) in [6.07, 6.45) is 3.92. The van der Waals surface area contributed by atoms with Crippen LogP contribution in [0.1, 0.15) is 40.6 Å². The second-order valence-corrected chi connectivity index (χ2v) is 9.39. The van der Waals surface area contributed by atoms with Gasteiger partial charge in [0.25, 0.3) is 5.91 Å². The first-order valence-corrected chi connectivity index (χ1v) is 11.7. The highest BCUT2D eigenvalue weighted by Crippen LogP contribution is 2.41. The zero-order valence-corrected chi connectivity index (χ0v) is 19.5. The highest BCUT2D eigenvalue weighted by molar-refractivity contribution is 5.94. The number of aromatic nitrogens is 2. The van der Waals surface area contributed by atoms with E-state index in [4.69, 9.17) is 9.40 Å². The van der Waals surface area contributed by atoms with Gasteiger partial charge in [-0.25, -0.2) is 9.97 Å². The van der Waals surface area contributed by atoms with E-state index in [2.05, 4.69) is 21.3 Å². The number of amides is 1. The summed E-state index contributed by atoms with van der Waals surface area (Å²) in [4.78, 5) is 26.6. The standard InChI is InChI=1S/C26H31N5O2/c1-17-28-23(14-24(29-17)25-5-4-12-33-25)22-16-31-11-10-19(22)13-21(31)15-27-26(32)18-6-8-20(9-7-18)30(2)3/h4-9,12,14,19,21-22H,10-11,13,15-16H2,1-3H3,(H,27,32)/t19-,21+,22+/m0/s1. The van der Waals surface area contributed by atoms with E-state index in [1.54, 1.807) is 6.26 Å². The maximum Gasteiger partial charge on any atom is 0.251 e. The van der Waals surface area contributed by atoms with Crippen molar-refractivity contribution in [1.29, 1.82) is 0 Å². The lowest BCUT2D eigenvalue weighted by Crippen LogP contribution is -2.56. The van der Waals surface area contributed by atoms with Gasteiger partial charge in [0.2, 0.25) is 0 Å². The fraction of sp³-hybridized carbons (Fsp3) is 0.423. The molecule has 1 unspecified atom stereocenters. The molecular formula is C26H31N5O2. The number of nitrogens with zero attached hydrogens (tertiary/aromatic N) is 4. The van der Waals surface area contributed by atoms with Gasteiger partial charge in [-0.2, -0.15) is 0 Å². The molecule has 7 nitrogen and oxygen atoms in total. The maximum atomic E-state index is 12.7. The summed E-state index contributed by atoms with van der Waals surface area (Å²) >= 11 is 0. The molecule has 1 N–H and O–H groups in total. The first kappa shape index (κ1) is 21.6. The van der Waals surface area contributed by atoms with Crippen LogP contribution < -0.4 is 10.2 Å². The number of nitrogens with one attached hydrogen (secondary N) is 1. The number of hydrogen-bond acceptors (Lipinski definition) is 6. The summed E-state index contributed by atoms with van der Waals surface area (Å²) < 4.78 is 5.56. The SMILES string of the molecule is Cc1nc(-c2ccco2)cc([C@@H]2CN3CC[C@H]2C[C@@H]3CNC(=O)c2ccc(N(C)C)cc2)n1. The van der Waals surface area contributed by atoms with Crippen LogP contribution in [0, 0.1) is 12.8 Å². The monoisotopic (exact) mass is 445 g/mol. The van der Waals surface area contributed by atoms with E-state index in [-0.39, 0.29) is 5.91 Å². The summed E-state index contributed by atoms with van der Waals surface area (Å²) in [5.41, 5.74) is 3.75. The third-order valence-electron chi connectivity index (χ3n) is 7.03. The Balaban J connectivity index is 1.23. The third kappa shape index (κ3) is 4.50. The first-order chi connectivity index (χ1) is 16.0. The summed E-state index contributed by atoms with van der Waals surface area (Å²) in [7, 11) is 3.99. The fourth-order valence-corrected chi connectivity index (χ4v) is 5.24. The zero-order valence-electron chi connectivity index (χ0n) is 19.5. The molecule has 3 aliphatic heterocycles. The van der Waals surface area contributed by atoms with E-state index >= 15 is 0 Å². The predicted molar refractivity (Wildman–Crippen MR) is 128 cm³/mol. The summed E-state index contributed by atoms with van der Waals surface area (Å²) in [6, 6.07) is 14.0. The lowest BCUT2D eigenvalue weighted by atomic mass is 9.74. The van der Waals surface area contributed by atoms with E-state index in [1.165, 1.54) is 6.42 Å². The van der Waals surface area contributed by atoms with Crippen LogP contribution in [0.2, 0.25) is 0 Å². The number of piperidine rings is 3. The van der Waals surface area contributed by atoms with Crippen molar-refractivity contribution >= 4 is 11.6 Å². The van der Waals surface area contributed by atoms with Crippen LogP contribution in [0.3, 0.4) is 0 Å². The fourth-order valence-electron chi connectivity index (χ4n) is 5.24. The van der Waals surface area contributed by atoms with E-state index in [0.29, 0.717) is 30.0 Å². The molecule has 0 aliphatic carbocycles. The number of anilines is 1. The van der Waals surface area contributed by atoms with Gasteiger partial charge in [-0.1, -0.05) is 0 Å². The number of hydrogen-bond donors (Lipinski definition) is 1. The average Bonchev–Trinajstić information content (AvgIpc) is 3.38. The highest BCUT2D eigenvalue weighted by Gasteiger charge is 2.41. The topological polar surface area (TPSA) is 74.5 Å². The van der Waals surface area contributed by atoms with Crippen molar-refractivity contribution < 1.29 is 9.21 Å². The average molecular weight is 446 g/mol. The van der Waals surface area contributed by atoms with E-state index in [0.717, 1.165) is 48.2 Å². The Morgan fingerprint density at radius 2 is 2.03 bits per heavy atom. The van der Waals surface area contributed by atoms with E-state index < -0.39 is 0 Å². The molecule has 4 atom stereocenters. The summed E-state index contributed by atoms with van der Waals surface area (Å²) in [5.74, 6) is 2.51. The Kier molecular flexibility index (Phi) is 5.89. The molecule has 3 fully saturated rings. The Morgan fingerprint density at radius 1 is 1.21 bits per heavy atom. The molecule has 2 bridgehead atoms. The summed E-state index contributed by atoms with van der Waals surface area (Å²) in [6.45, 7) is 4.67. The second-order valence-electron chi connectivity index (χ2n) is 9.39. The normalized spacial score (nSPS) is 24.0. The molecule has 6 rings (SSSR count). The molecule has 5 heterocycles. The summed E-state index contributed by atoms with van der Waals surface area (Å²) in [5, 5.41) is 3.16. The lowest BCUT2D eigenvalue weighted by molar-refractivity contribution is 0.0290. The van der Waals surface area contributed by atoms with Gasteiger partial charge in [0.05, 0.1) is 6.26 Å². The van der Waals surface area contributed by atoms with Crippen LogP contribution in [0.25, 0.3) is 11.5 Å². The smallest absolute Gasteiger partial charge is 0.251 e. The number of carbonyl (C=O) groups is 1. The number of fused-ring (bicyclic) bond motifs is 3. The molecule has 1 aromatic carbocycles. The van der Waals surface area contributed by atoms with E-state index in [9.17, 15) is 4.79 Å².